The topological polar surface area (TPSA) is 46.5 Å². The monoisotopic (exact) mass is 338 g/mol. The lowest BCUT2D eigenvalue weighted by molar-refractivity contribution is -0.131. The summed E-state index contributed by atoms with van der Waals surface area (Å²) in [6, 6.07) is 9.73. The lowest BCUT2D eigenvalue weighted by Gasteiger charge is -2.05. The molecule has 0 spiro atoms. The van der Waals surface area contributed by atoms with Gasteiger partial charge in [-0.3, -0.25) is 0 Å². The van der Waals surface area contributed by atoms with Crippen molar-refractivity contribution in [1.82, 2.24) is 0 Å². The van der Waals surface area contributed by atoms with Crippen molar-refractivity contribution >= 4 is 39.3 Å². The molecule has 0 bridgehead atoms. The van der Waals surface area contributed by atoms with Gasteiger partial charge in [-0.05, 0) is 51.8 Å². The number of rotatable bonds is 4. The Bertz CT molecular complexity index is 631. The van der Waals surface area contributed by atoms with Gasteiger partial charge in [0.1, 0.15) is 5.75 Å². The van der Waals surface area contributed by atoms with Crippen LogP contribution in [0.2, 0.25) is 0 Å². The Balaban J connectivity index is 2.30. The van der Waals surface area contributed by atoms with Crippen molar-refractivity contribution in [1.29, 1.82) is 0 Å². The molecule has 0 amide bonds. The molecule has 0 radical (unpaired) electrons. The van der Waals surface area contributed by atoms with Crippen LogP contribution in [0, 0.1) is 0 Å². The second-order valence-corrected chi connectivity index (χ2v) is 5.69. The number of hydrogen-bond donors (Lipinski definition) is 1. The third kappa shape index (κ3) is 3.45. The van der Waals surface area contributed by atoms with Crippen LogP contribution in [-0.2, 0) is 4.79 Å². The molecule has 3 nitrogen and oxygen atoms in total. The van der Waals surface area contributed by atoms with E-state index in [-0.39, 0.29) is 0 Å². The maximum atomic E-state index is 10.5. The molecule has 0 unspecified atom stereocenters. The molecular weight excluding hydrogens is 328 g/mol. The van der Waals surface area contributed by atoms with Crippen LogP contribution in [0.1, 0.15) is 4.88 Å². The molecule has 1 heterocycles. The third-order valence-electron chi connectivity index (χ3n) is 2.45. The molecule has 2 aromatic rings. The number of carboxylic acid groups (broad SMARTS) is 1. The maximum absolute atomic E-state index is 10.5. The molecule has 0 fully saturated rings. The van der Waals surface area contributed by atoms with E-state index in [1.807, 2.05) is 30.3 Å². The second-order valence-electron chi connectivity index (χ2n) is 3.72. The Morgan fingerprint density at radius 2 is 2.16 bits per heavy atom. The fourth-order valence-corrected chi connectivity index (χ4v) is 2.88. The molecule has 1 aromatic heterocycles. The summed E-state index contributed by atoms with van der Waals surface area (Å²) in [7, 11) is 1.62. The van der Waals surface area contributed by atoms with Gasteiger partial charge in [0, 0.05) is 15.8 Å². The van der Waals surface area contributed by atoms with Crippen LogP contribution in [0.4, 0.5) is 0 Å². The number of carbonyl (C=O) groups is 1. The number of benzene rings is 1. The standard InChI is InChI=1S/C14H11BrO3S/c1-18-12-8-9(2-5-11(12)15)13-6-3-10(19-13)4-7-14(16)17/h2-8H,1H3,(H,16,17)/b7-4+. The Hall–Kier alpha value is -1.59. The first-order valence-electron chi connectivity index (χ1n) is 5.45. The molecule has 0 aliphatic rings. The number of ether oxygens (including phenoxy) is 1. The molecular formula is C14H11BrO3S. The largest absolute Gasteiger partial charge is 0.496 e. The van der Waals surface area contributed by atoms with Crippen LogP contribution < -0.4 is 4.74 Å². The second kappa shape index (κ2) is 6.04. The summed E-state index contributed by atoms with van der Waals surface area (Å²) in [5.74, 6) is -0.172. The van der Waals surface area contributed by atoms with Gasteiger partial charge in [-0.2, -0.15) is 0 Å². The first-order chi connectivity index (χ1) is 9.10. The molecule has 0 saturated carbocycles. The van der Waals surface area contributed by atoms with Gasteiger partial charge in [-0.25, -0.2) is 4.79 Å². The minimum atomic E-state index is -0.944. The number of methoxy groups -OCH3 is 1. The van der Waals surface area contributed by atoms with Gasteiger partial charge >= 0.3 is 5.97 Å². The highest BCUT2D eigenvalue weighted by atomic mass is 79.9. The van der Waals surface area contributed by atoms with E-state index < -0.39 is 5.97 Å². The summed E-state index contributed by atoms with van der Waals surface area (Å²) in [6.45, 7) is 0. The zero-order valence-corrected chi connectivity index (χ0v) is 12.5. The van der Waals surface area contributed by atoms with Crippen LogP contribution >= 0.6 is 27.3 Å². The van der Waals surface area contributed by atoms with Gasteiger partial charge in [-0.1, -0.05) is 6.07 Å². The Kier molecular flexibility index (Phi) is 4.39. The van der Waals surface area contributed by atoms with Crippen molar-refractivity contribution < 1.29 is 14.6 Å². The minimum Gasteiger partial charge on any atom is -0.496 e. The SMILES string of the molecule is COc1cc(-c2ccc(/C=C/C(=O)O)s2)ccc1Br. The summed E-state index contributed by atoms with van der Waals surface area (Å²) in [5.41, 5.74) is 1.04. The van der Waals surface area contributed by atoms with E-state index in [0.29, 0.717) is 0 Å². The fourth-order valence-electron chi connectivity index (χ4n) is 1.56. The summed E-state index contributed by atoms with van der Waals surface area (Å²) in [6.07, 6.45) is 2.73. The smallest absolute Gasteiger partial charge is 0.328 e. The van der Waals surface area contributed by atoms with Crippen LogP contribution in [-0.4, -0.2) is 18.2 Å². The predicted molar refractivity (Wildman–Crippen MR) is 80.7 cm³/mol. The van der Waals surface area contributed by atoms with Gasteiger partial charge in [0.2, 0.25) is 0 Å². The molecule has 0 aliphatic heterocycles. The van der Waals surface area contributed by atoms with Crippen molar-refractivity contribution in [2.75, 3.05) is 7.11 Å². The third-order valence-corrected chi connectivity index (χ3v) is 4.21. The molecule has 0 atom stereocenters. The zero-order valence-electron chi connectivity index (χ0n) is 10.1. The number of carboxylic acids is 1. The molecule has 98 valence electrons. The van der Waals surface area contributed by atoms with E-state index in [1.165, 1.54) is 11.3 Å². The quantitative estimate of drug-likeness (QED) is 0.846. The van der Waals surface area contributed by atoms with Crippen LogP contribution in [0.15, 0.2) is 40.9 Å². The van der Waals surface area contributed by atoms with Crippen molar-refractivity contribution in [3.63, 3.8) is 0 Å². The number of aliphatic carboxylic acids is 1. The highest BCUT2D eigenvalue weighted by Crippen LogP contribution is 2.34. The van der Waals surface area contributed by atoms with Crippen molar-refractivity contribution in [3.05, 3.63) is 45.8 Å². The molecule has 1 aromatic carbocycles. The minimum absolute atomic E-state index is 0.772. The van der Waals surface area contributed by atoms with E-state index in [0.717, 1.165) is 31.6 Å². The highest BCUT2D eigenvalue weighted by Gasteiger charge is 2.06. The van der Waals surface area contributed by atoms with Gasteiger partial charge in [0.25, 0.3) is 0 Å². The van der Waals surface area contributed by atoms with Crippen molar-refractivity contribution in [3.8, 4) is 16.2 Å². The first-order valence-corrected chi connectivity index (χ1v) is 7.06. The summed E-state index contributed by atoms with van der Waals surface area (Å²) in [5, 5.41) is 8.59. The van der Waals surface area contributed by atoms with Gasteiger partial charge < -0.3 is 9.84 Å². The van der Waals surface area contributed by atoms with Gasteiger partial charge in [0.05, 0.1) is 11.6 Å². The average molecular weight is 339 g/mol. The lowest BCUT2D eigenvalue weighted by Crippen LogP contribution is -1.84. The zero-order chi connectivity index (χ0) is 13.8. The fraction of sp³-hybridized carbons (Fsp3) is 0.0714. The first kappa shape index (κ1) is 13.8. The Labute approximate surface area is 123 Å². The molecule has 19 heavy (non-hydrogen) atoms. The van der Waals surface area contributed by atoms with E-state index >= 15 is 0 Å². The Morgan fingerprint density at radius 3 is 2.84 bits per heavy atom. The summed E-state index contributed by atoms with van der Waals surface area (Å²) < 4.78 is 6.16. The van der Waals surface area contributed by atoms with Crippen molar-refractivity contribution in [2.45, 2.75) is 0 Å². The number of halogens is 1. The van der Waals surface area contributed by atoms with Gasteiger partial charge in [-0.15, -0.1) is 11.3 Å². The number of hydrogen-bond acceptors (Lipinski definition) is 3. The van der Waals surface area contributed by atoms with E-state index in [9.17, 15) is 4.79 Å². The van der Waals surface area contributed by atoms with E-state index in [2.05, 4.69) is 15.9 Å². The van der Waals surface area contributed by atoms with E-state index in [4.69, 9.17) is 9.84 Å². The lowest BCUT2D eigenvalue weighted by atomic mass is 10.2. The van der Waals surface area contributed by atoms with Crippen LogP contribution in [0.25, 0.3) is 16.5 Å². The predicted octanol–water partition coefficient (Wildman–Crippen LogP) is 4.28. The van der Waals surface area contributed by atoms with Crippen LogP contribution in [0.5, 0.6) is 5.75 Å². The molecule has 1 N–H and O–H groups in total. The average Bonchev–Trinajstić information content (AvgIpc) is 2.86. The molecule has 0 saturated heterocycles. The summed E-state index contributed by atoms with van der Waals surface area (Å²) >= 11 is 4.94. The summed E-state index contributed by atoms with van der Waals surface area (Å²) in [4.78, 5) is 12.4. The highest BCUT2D eigenvalue weighted by molar-refractivity contribution is 9.10. The molecule has 0 aliphatic carbocycles. The van der Waals surface area contributed by atoms with Gasteiger partial charge in [0.15, 0.2) is 0 Å². The van der Waals surface area contributed by atoms with Crippen LogP contribution in [0.3, 0.4) is 0 Å². The maximum Gasteiger partial charge on any atom is 0.328 e. The normalized spacial score (nSPS) is 10.8. The van der Waals surface area contributed by atoms with E-state index in [1.54, 1.807) is 13.2 Å². The van der Waals surface area contributed by atoms with Crippen molar-refractivity contribution in [2.24, 2.45) is 0 Å². The molecule has 5 heteroatoms. The Morgan fingerprint density at radius 1 is 1.37 bits per heavy atom. The number of thiophene rings is 1. The molecule has 2 rings (SSSR count).